The summed E-state index contributed by atoms with van der Waals surface area (Å²) in [6.45, 7) is 7.82. The number of imidazole rings is 2. The zero-order valence-electron chi connectivity index (χ0n) is 43.3. The summed E-state index contributed by atoms with van der Waals surface area (Å²) in [6.07, 6.45) is 17.7. The Balaban J connectivity index is 0.873. The molecule has 0 spiro atoms. The van der Waals surface area contributed by atoms with E-state index in [0.717, 1.165) is 142 Å². The van der Waals surface area contributed by atoms with Crippen LogP contribution in [-0.2, 0) is 19.1 Å². The molecule has 6 aliphatic carbocycles. The Morgan fingerprint density at radius 1 is 0.554 bits per heavy atom. The number of carbonyl (C=O) groups is 4. The molecule has 4 bridgehead atoms. The third-order valence-corrected chi connectivity index (χ3v) is 16.8. The molecule has 2 saturated carbocycles. The Kier molecular flexibility index (Phi) is 13.4. The van der Waals surface area contributed by atoms with Crippen LogP contribution in [-0.4, -0.2) is 92.1 Å². The molecule has 0 unspecified atom stereocenters. The maximum Gasteiger partial charge on any atom is 0.407 e. The number of fused-ring (bicyclic) bond motifs is 4. The number of benzene rings is 4. The van der Waals surface area contributed by atoms with Gasteiger partial charge in [0.15, 0.2) is 0 Å². The molecule has 74 heavy (non-hydrogen) atoms. The second-order valence-corrected chi connectivity index (χ2v) is 22.0. The number of nitrogens with one attached hydrogen (secondary N) is 4. The van der Waals surface area contributed by atoms with Gasteiger partial charge >= 0.3 is 12.2 Å². The Bertz CT molecular complexity index is 2990. The number of amides is 4. The minimum absolute atomic E-state index is 0.0812. The zero-order chi connectivity index (χ0) is 51.4. The molecule has 4 N–H and O–H groups in total. The lowest BCUT2D eigenvalue weighted by Crippen LogP contribution is -2.53. The van der Waals surface area contributed by atoms with Crippen LogP contribution in [0.1, 0.15) is 138 Å². The summed E-state index contributed by atoms with van der Waals surface area (Å²) in [5.74, 6) is 1.91. The van der Waals surface area contributed by atoms with Crippen molar-refractivity contribution in [2.45, 2.75) is 128 Å². The van der Waals surface area contributed by atoms with Gasteiger partial charge in [0.05, 0.1) is 48.4 Å². The van der Waals surface area contributed by atoms with Gasteiger partial charge in [-0.05, 0) is 143 Å². The van der Waals surface area contributed by atoms with Crippen LogP contribution in [0.4, 0.5) is 9.59 Å². The first kappa shape index (κ1) is 49.0. The molecule has 8 aliphatic rings. The molecule has 2 aliphatic heterocycles. The summed E-state index contributed by atoms with van der Waals surface area (Å²) in [4.78, 5) is 75.5. The molecule has 0 radical (unpaired) electrons. The van der Waals surface area contributed by atoms with Crippen LogP contribution in [0.15, 0.2) is 72.8 Å². The van der Waals surface area contributed by atoms with E-state index in [1.807, 2.05) is 37.5 Å². The predicted octanol–water partition coefficient (Wildman–Crippen LogP) is 11.9. The fourth-order valence-corrected chi connectivity index (χ4v) is 13.0. The van der Waals surface area contributed by atoms with Crippen molar-refractivity contribution < 1.29 is 28.7 Å². The molecule has 8 atom stereocenters. The van der Waals surface area contributed by atoms with Crippen molar-refractivity contribution in [1.29, 1.82) is 0 Å². The van der Waals surface area contributed by atoms with Gasteiger partial charge in [-0.25, -0.2) is 19.6 Å². The second-order valence-electron chi connectivity index (χ2n) is 22.0. The Morgan fingerprint density at radius 2 is 0.973 bits per heavy atom. The molecule has 14 rings (SSSR count). The topological polar surface area (TPSA) is 175 Å². The van der Waals surface area contributed by atoms with Gasteiger partial charge in [0.2, 0.25) is 11.8 Å². The first-order valence-electron chi connectivity index (χ1n) is 26.8. The summed E-state index contributed by atoms with van der Waals surface area (Å²) >= 11 is 0. The second kappa shape index (κ2) is 20.2. The lowest BCUT2D eigenvalue weighted by molar-refractivity contribution is -0.139. The van der Waals surface area contributed by atoms with Gasteiger partial charge in [-0.15, -0.1) is 0 Å². The number of hydrogen-bond acceptors (Lipinski definition) is 8. The van der Waals surface area contributed by atoms with E-state index in [1.54, 1.807) is 0 Å². The number of nitrogens with zero attached hydrogens (tertiary/aromatic N) is 4. The van der Waals surface area contributed by atoms with Crippen LogP contribution in [0, 0.1) is 23.7 Å². The SMILES string of the molecule is COC(=O)N[C@H](C(=O)N1[C@H](c2nc3ccc(-c4cc5ccc4C=Cc4ccc(c(-c6ccc7nc([C@@H]8C[C@@H]9CCCC[C@@H]9N8C(=O)[C@@H](NC(=O)OC)C(C)C)[nH]c7c6)c4)/C=C\5)cc3[nH]2)C[C@@H]2CCCC[C@@H]21)C(C)C. The highest BCUT2D eigenvalue weighted by molar-refractivity contribution is 5.93. The van der Waals surface area contributed by atoms with Gasteiger partial charge in [-0.2, -0.15) is 0 Å². The molecule has 4 fully saturated rings. The van der Waals surface area contributed by atoms with Gasteiger partial charge in [0, 0.05) is 12.1 Å². The third kappa shape index (κ3) is 9.25. The number of aromatic nitrogens is 4. The standard InChI is InChI=1S/C60H68N8O6/c1-33(2)53(65-59(71)73-5)57(69)67-49-13-9-7-11-41(49)31-51(67)55-61-45-25-23-39(29-47(45)63-55)43-27-35-15-19-37(43)21-17-36-16-20-38(22-18-35)44(28-36)40-24-26-46-48(30-40)64-56(62-46)52-32-42-12-8-10-14-50(42)68(52)58(70)54(34(3)4)66-60(72)74-6/h15-30,33-34,41-42,49-54H,7-14,31-32H2,1-6H3,(H,61,63)(H,62,64)(H,65,71)(H,66,72)/b21-17-,22-18?,35-18?,36-17?,37-21?,38-22?/t41-,42-,49-,50-,51-,52-,53-,54-/m0/s1. The molecule has 4 heterocycles. The fourth-order valence-electron chi connectivity index (χ4n) is 13.0. The Morgan fingerprint density at radius 3 is 1.38 bits per heavy atom. The lowest BCUT2D eigenvalue weighted by atomic mass is 9.84. The summed E-state index contributed by atoms with van der Waals surface area (Å²) in [5, 5.41) is 5.66. The summed E-state index contributed by atoms with van der Waals surface area (Å²) in [6, 6.07) is 24.2. The molecule has 4 amide bonds. The number of methoxy groups -OCH3 is 2. The van der Waals surface area contributed by atoms with E-state index in [2.05, 4.69) is 118 Å². The number of carbonyl (C=O) groups excluding carboxylic acids is 4. The number of ether oxygens (including phenoxy) is 2. The van der Waals surface area contributed by atoms with Crippen LogP contribution in [0.25, 0.3) is 68.6 Å². The molecule has 384 valence electrons. The Hall–Kier alpha value is -7.22. The van der Waals surface area contributed by atoms with E-state index < -0.39 is 24.3 Å². The van der Waals surface area contributed by atoms with Crippen LogP contribution in [0.5, 0.6) is 0 Å². The maximum atomic E-state index is 14.5. The normalized spacial score (nSPS) is 23.4. The molecule has 6 aromatic rings. The minimum Gasteiger partial charge on any atom is -0.453 e. The molecule has 14 heteroatoms. The summed E-state index contributed by atoms with van der Waals surface area (Å²) in [5.41, 5.74) is 12.1. The monoisotopic (exact) mass is 997 g/mol. The van der Waals surface area contributed by atoms with Crippen molar-refractivity contribution in [1.82, 2.24) is 40.4 Å². The highest BCUT2D eigenvalue weighted by Crippen LogP contribution is 2.48. The quantitative estimate of drug-likeness (QED) is 0.105. The molecular weight excluding hydrogens is 929 g/mol. The number of likely N-dealkylation sites (tertiary alicyclic amines) is 2. The van der Waals surface area contributed by atoms with Gasteiger partial charge < -0.3 is 39.9 Å². The fraction of sp³-hybridized carbons (Fsp3) is 0.433. The first-order valence-corrected chi connectivity index (χ1v) is 26.8. The van der Waals surface area contributed by atoms with Crippen molar-refractivity contribution in [3.8, 4) is 22.3 Å². The highest BCUT2D eigenvalue weighted by Gasteiger charge is 2.50. The Labute approximate surface area is 432 Å². The zero-order valence-corrected chi connectivity index (χ0v) is 43.3. The van der Waals surface area contributed by atoms with E-state index in [-0.39, 0.29) is 47.8 Å². The van der Waals surface area contributed by atoms with Gasteiger partial charge in [0.1, 0.15) is 23.7 Å². The minimum atomic E-state index is -0.706. The summed E-state index contributed by atoms with van der Waals surface area (Å²) in [7, 11) is 2.65. The molecule has 2 saturated heterocycles. The molecular formula is C60H68N8O6. The molecule has 2 aromatic heterocycles. The van der Waals surface area contributed by atoms with Crippen LogP contribution in [0.3, 0.4) is 0 Å². The number of rotatable bonds is 10. The van der Waals surface area contributed by atoms with Gasteiger partial charge in [0.25, 0.3) is 0 Å². The lowest BCUT2D eigenvalue weighted by Gasteiger charge is -2.36. The van der Waals surface area contributed by atoms with E-state index in [9.17, 15) is 19.2 Å². The van der Waals surface area contributed by atoms with E-state index in [4.69, 9.17) is 19.4 Å². The van der Waals surface area contributed by atoms with Crippen molar-refractivity contribution >= 4 is 70.4 Å². The van der Waals surface area contributed by atoms with E-state index in [1.165, 1.54) is 14.2 Å². The van der Waals surface area contributed by atoms with Crippen LogP contribution >= 0.6 is 0 Å². The smallest absolute Gasteiger partial charge is 0.407 e. The van der Waals surface area contributed by atoms with Crippen LogP contribution in [0.2, 0.25) is 0 Å². The predicted molar refractivity (Wildman–Crippen MR) is 289 cm³/mol. The number of alkyl carbamates (subject to hydrolysis) is 2. The average molecular weight is 997 g/mol. The average Bonchev–Trinajstić information content (AvgIpc) is 4.21. The van der Waals surface area contributed by atoms with Crippen LogP contribution < -0.4 is 10.6 Å². The molecule has 14 nitrogen and oxygen atoms in total. The highest BCUT2D eigenvalue weighted by atomic mass is 16.5. The number of H-pyrrole nitrogens is 2. The van der Waals surface area contributed by atoms with Crippen molar-refractivity contribution in [2.75, 3.05) is 14.2 Å². The number of aromatic amines is 2. The van der Waals surface area contributed by atoms with E-state index in [0.29, 0.717) is 11.8 Å². The first-order chi connectivity index (χ1) is 35.8. The van der Waals surface area contributed by atoms with Crippen molar-refractivity contribution in [3.05, 3.63) is 107 Å². The maximum absolute atomic E-state index is 14.5. The van der Waals surface area contributed by atoms with Crippen molar-refractivity contribution in [3.63, 3.8) is 0 Å². The summed E-state index contributed by atoms with van der Waals surface area (Å²) < 4.78 is 9.85. The van der Waals surface area contributed by atoms with E-state index >= 15 is 0 Å². The van der Waals surface area contributed by atoms with Gasteiger partial charge in [-0.3, -0.25) is 9.59 Å². The molecule has 4 aromatic carbocycles. The van der Waals surface area contributed by atoms with Crippen molar-refractivity contribution in [2.24, 2.45) is 23.7 Å². The van der Waals surface area contributed by atoms with Gasteiger partial charge in [-0.1, -0.05) is 114 Å². The third-order valence-electron chi connectivity index (χ3n) is 16.8. The largest absolute Gasteiger partial charge is 0.453 e. The number of hydrogen-bond donors (Lipinski definition) is 4.